The summed E-state index contributed by atoms with van der Waals surface area (Å²) in [6.07, 6.45) is 6.44. The van der Waals surface area contributed by atoms with Crippen LogP contribution in [0.2, 0.25) is 0 Å². The van der Waals surface area contributed by atoms with Gasteiger partial charge in [-0.2, -0.15) is 0 Å². The fraction of sp³-hybridized carbons (Fsp3) is 0.615. The van der Waals surface area contributed by atoms with Crippen LogP contribution in [0.3, 0.4) is 0 Å². The first-order valence-corrected chi connectivity index (χ1v) is 12.0. The van der Waals surface area contributed by atoms with Gasteiger partial charge in [-0.1, -0.05) is 57.1 Å². The molecule has 3 fully saturated rings. The highest BCUT2D eigenvalue weighted by molar-refractivity contribution is 5.87. The number of rotatable bonds is 4. The molecule has 1 aromatic rings. The summed E-state index contributed by atoms with van der Waals surface area (Å²) in [4.78, 5) is 29.1. The van der Waals surface area contributed by atoms with E-state index < -0.39 is 0 Å². The fourth-order valence-corrected chi connectivity index (χ4v) is 5.31. The Kier molecular flexibility index (Phi) is 7.05. The van der Waals surface area contributed by atoms with Crippen LogP contribution in [0.5, 0.6) is 0 Å². The van der Waals surface area contributed by atoms with Gasteiger partial charge in [0.05, 0.1) is 18.7 Å². The van der Waals surface area contributed by atoms with Crippen LogP contribution in [0.15, 0.2) is 24.3 Å². The molecule has 0 spiro atoms. The molecule has 1 aromatic carbocycles. The van der Waals surface area contributed by atoms with Crippen LogP contribution < -0.4 is 5.32 Å². The van der Waals surface area contributed by atoms with Gasteiger partial charge in [0.15, 0.2) is 0 Å². The zero-order valence-electron chi connectivity index (χ0n) is 19.2. The van der Waals surface area contributed by atoms with Gasteiger partial charge in [0.1, 0.15) is 6.54 Å². The van der Waals surface area contributed by atoms with E-state index in [1.165, 1.54) is 6.42 Å². The van der Waals surface area contributed by atoms with Gasteiger partial charge in [0.2, 0.25) is 5.91 Å². The third-order valence-corrected chi connectivity index (χ3v) is 7.01. The van der Waals surface area contributed by atoms with Crippen LogP contribution in [-0.2, 0) is 4.79 Å². The van der Waals surface area contributed by atoms with Gasteiger partial charge >= 0.3 is 6.03 Å². The lowest BCUT2D eigenvalue weighted by Crippen LogP contribution is -2.74. The Hall–Kier alpha value is -2.52. The lowest BCUT2D eigenvalue weighted by molar-refractivity contribution is -0.159. The topological polar surface area (TPSA) is 72.9 Å². The molecule has 0 radical (unpaired) electrons. The molecular weight excluding hydrogens is 402 g/mol. The van der Waals surface area contributed by atoms with Crippen molar-refractivity contribution in [2.24, 2.45) is 5.92 Å². The van der Waals surface area contributed by atoms with Gasteiger partial charge in [-0.15, -0.1) is 0 Å². The summed E-state index contributed by atoms with van der Waals surface area (Å²) < 4.78 is 0. The molecule has 6 nitrogen and oxygen atoms in total. The molecule has 2 aliphatic heterocycles. The molecule has 172 valence electrons. The Morgan fingerprint density at radius 3 is 2.56 bits per heavy atom. The quantitative estimate of drug-likeness (QED) is 0.711. The number of hydrogen-bond acceptors (Lipinski definition) is 3. The summed E-state index contributed by atoms with van der Waals surface area (Å²) in [5, 5.41) is 13.1. The minimum atomic E-state index is -0.228. The molecule has 2 saturated heterocycles. The first-order chi connectivity index (χ1) is 15.5. The summed E-state index contributed by atoms with van der Waals surface area (Å²) in [5.74, 6) is 6.90. The fourth-order valence-electron chi connectivity index (χ4n) is 5.31. The first-order valence-electron chi connectivity index (χ1n) is 12.0. The number of benzene rings is 1. The summed E-state index contributed by atoms with van der Waals surface area (Å²) in [5.41, 5.74) is 2.06. The second kappa shape index (κ2) is 9.95. The maximum atomic E-state index is 12.9. The van der Waals surface area contributed by atoms with Crippen LogP contribution in [-0.4, -0.2) is 64.7 Å². The standard InChI is InChI=1S/C26H35N3O3/c1-18(2)7-6-8-19-11-13-20(14-12-19)25-22-15-28(16-24(31)29(22)23(25)17-30)26(32)27-21-9-4-3-5-10-21/h11-14,18,21-23,25,30H,3-5,7,9-10,15-17H2,1-2H3,(H,27,32)/t22-,23-,25+/m1/s1. The molecular formula is C26H35N3O3. The van der Waals surface area contributed by atoms with E-state index in [0.29, 0.717) is 12.5 Å². The Labute approximate surface area is 191 Å². The number of nitrogens with zero attached hydrogens (tertiary/aromatic N) is 2. The summed E-state index contributed by atoms with van der Waals surface area (Å²) in [7, 11) is 0. The number of carbonyl (C=O) groups excluding carboxylic acids is 2. The second-order valence-corrected chi connectivity index (χ2v) is 9.83. The third-order valence-electron chi connectivity index (χ3n) is 7.01. The molecule has 0 unspecified atom stereocenters. The molecule has 6 heteroatoms. The van der Waals surface area contributed by atoms with E-state index in [0.717, 1.165) is 43.2 Å². The van der Waals surface area contributed by atoms with Crippen molar-refractivity contribution in [2.45, 2.75) is 76.4 Å². The number of carbonyl (C=O) groups is 2. The predicted octanol–water partition coefficient (Wildman–Crippen LogP) is 3.10. The van der Waals surface area contributed by atoms with Crippen molar-refractivity contribution in [1.82, 2.24) is 15.1 Å². The Balaban J connectivity index is 1.44. The highest BCUT2D eigenvalue weighted by Crippen LogP contribution is 2.42. The molecule has 4 rings (SSSR count). The van der Waals surface area contributed by atoms with Crippen molar-refractivity contribution in [1.29, 1.82) is 0 Å². The van der Waals surface area contributed by atoms with Crippen molar-refractivity contribution in [3.63, 3.8) is 0 Å². The van der Waals surface area contributed by atoms with E-state index in [1.54, 1.807) is 9.80 Å². The van der Waals surface area contributed by atoms with Crippen LogP contribution in [0, 0.1) is 17.8 Å². The van der Waals surface area contributed by atoms with E-state index in [-0.39, 0.29) is 49.1 Å². The molecule has 0 bridgehead atoms. The zero-order chi connectivity index (χ0) is 22.7. The van der Waals surface area contributed by atoms with Crippen LogP contribution in [0.25, 0.3) is 0 Å². The molecule has 32 heavy (non-hydrogen) atoms. The molecule has 3 amide bonds. The molecule has 1 aliphatic carbocycles. The number of aliphatic hydroxyl groups is 1. The minimum absolute atomic E-state index is 0.0203. The monoisotopic (exact) mass is 437 g/mol. The maximum absolute atomic E-state index is 12.9. The van der Waals surface area contributed by atoms with E-state index >= 15 is 0 Å². The van der Waals surface area contributed by atoms with Gasteiger partial charge in [-0.3, -0.25) is 4.79 Å². The van der Waals surface area contributed by atoms with Gasteiger partial charge in [0.25, 0.3) is 0 Å². The number of aliphatic hydroxyl groups excluding tert-OH is 1. The number of piperazine rings is 1. The van der Waals surface area contributed by atoms with E-state index in [2.05, 4.69) is 43.1 Å². The van der Waals surface area contributed by atoms with Crippen LogP contribution >= 0.6 is 0 Å². The van der Waals surface area contributed by atoms with Gasteiger partial charge in [0, 0.05) is 30.5 Å². The third kappa shape index (κ3) is 4.78. The number of urea groups is 1. The zero-order valence-corrected chi connectivity index (χ0v) is 19.2. The number of hydrogen-bond donors (Lipinski definition) is 2. The smallest absolute Gasteiger partial charge is 0.318 e. The lowest BCUT2D eigenvalue weighted by atomic mass is 9.73. The second-order valence-electron chi connectivity index (χ2n) is 9.83. The number of fused-ring (bicyclic) bond motifs is 1. The molecule has 0 aromatic heterocycles. The maximum Gasteiger partial charge on any atom is 0.318 e. The summed E-state index contributed by atoms with van der Waals surface area (Å²) >= 11 is 0. The first kappa shape index (κ1) is 22.7. The van der Waals surface area contributed by atoms with Crippen molar-refractivity contribution in [3.05, 3.63) is 35.4 Å². The number of nitrogens with one attached hydrogen (secondary N) is 1. The highest BCUT2D eigenvalue weighted by Gasteiger charge is 2.54. The predicted molar refractivity (Wildman–Crippen MR) is 124 cm³/mol. The number of amides is 3. The van der Waals surface area contributed by atoms with Crippen LogP contribution in [0.1, 0.15) is 69.4 Å². The molecule has 3 aliphatic rings. The molecule has 2 heterocycles. The van der Waals surface area contributed by atoms with E-state index in [1.807, 2.05) is 12.1 Å². The summed E-state index contributed by atoms with van der Waals surface area (Å²) in [6, 6.07) is 7.89. The van der Waals surface area contributed by atoms with Crippen LogP contribution in [0.4, 0.5) is 4.79 Å². The minimum Gasteiger partial charge on any atom is -0.394 e. The van der Waals surface area contributed by atoms with Gasteiger partial charge < -0.3 is 20.2 Å². The van der Waals surface area contributed by atoms with E-state index in [9.17, 15) is 14.7 Å². The largest absolute Gasteiger partial charge is 0.394 e. The summed E-state index contributed by atoms with van der Waals surface area (Å²) in [6.45, 7) is 4.82. The normalized spacial score (nSPS) is 25.6. The Morgan fingerprint density at radius 2 is 1.91 bits per heavy atom. The molecule has 3 atom stereocenters. The SMILES string of the molecule is CC(C)CC#Cc1ccc([C@@H]2[C@@H](CO)N3C(=O)CN(C(=O)NC4CCCCC4)C[C@H]23)cc1. The highest BCUT2D eigenvalue weighted by atomic mass is 16.3. The molecule has 2 N–H and O–H groups in total. The Morgan fingerprint density at radius 1 is 1.19 bits per heavy atom. The van der Waals surface area contributed by atoms with Crippen molar-refractivity contribution >= 4 is 11.9 Å². The Bertz CT molecular complexity index is 880. The van der Waals surface area contributed by atoms with E-state index in [4.69, 9.17) is 0 Å². The van der Waals surface area contributed by atoms with Crippen molar-refractivity contribution < 1.29 is 14.7 Å². The average Bonchev–Trinajstić information content (AvgIpc) is 2.76. The lowest BCUT2D eigenvalue weighted by Gasteiger charge is -2.58. The van der Waals surface area contributed by atoms with Gasteiger partial charge in [-0.05, 0) is 36.5 Å². The van der Waals surface area contributed by atoms with Crippen molar-refractivity contribution in [2.75, 3.05) is 19.7 Å². The van der Waals surface area contributed by atoms with Crippen molar-refractivity contribution in [3.8, 4) is 11.8 Å². The average molecular weight is 438 g/mol. The van der Waals surface area contributed by atoms with Gasteiger partial charge in [-0.25, -0.2) is 4.79 Å². The molecule has 1 saturated carbocycles.